The average molecular weight is 451 g/mol. The summed E-state index contributed by atoms with van der Waals surface area (Å²) in [5.74, 6) is 0.888. The molecule has 2 amide bonds. The van der Waals surface area contributed by atoms with E-state index in [-0.39, 0.29) is 17.2 Å². The van der Waals surface area contributed by atoms with E-state index in [1.807, 2.05) is 30.3 Å². The zero-order valence-electron chi connectivity index (χ0n) is 19.4. The van der Waals surface area contributed by atoms with Crippen LogP contribution in [-0.2, 0) is 26.2 Å². The molecule has 0 spiro atoms. The van der Waals surface area contributed by atoms with Gasteiger partial charge in [-0.25, -0.2) is 0 Å². The molecule has 2 fully saturated rings. The highest BCUT2D eigenvalue weighted by Gasteiger charge is 2.39. The van der Waals surface area contributed by atoms with E-state index in [1.165, 1.54) is 5.56 Å². The maximum absolute atomic E-state index is 12.9. The van der Waals surface area contributed by atoms with Crippen molar-refractivity contribution in [3.05, 3.63) is 65.7 Å². The third kappa shape index (κ3) is 5.74. The van der Waals surface area contributed by atoms with Crippen LogP contribution in [0, 0.1) is 0 Å². The summed E-state index contributed by atoms with van der Waals surface area (Å²) in [6, 6.07) is 18.3. The largest absolute Gasteiger partial charge is 0.497 e. The molecule has 0 aliphatic carbocycles. The maximum atomic E-state index is 12.9. The fourth-order valence-electron chi connectivity index (χ4n) is 5.19. The van der Waals surface area contributed by atoms with Gasteiger partial charge in [-0.2, -0.15) is 0 Å². The van der Waals surface area contributed by atoms with Crippen LogP contribution >= 0.6 is 0 Å². The van der Waals surface area contributed by atoms with E-state index < -0.39 is 5.54 Å². The molecule has 2 aliphatic heterocycles. The Kier molecular flexibility index (Phi) is 7.33. The minimum Gasteiger partial charge on any atom is -0.497 e. The second-order valence-corrected chi connectivity index (χ2v) is 9.39. The number of hydrogen-bond acceptors (Lipinski definition) is 4. The molecule has 0 aromatic heterocycles. The molecule has 2 aromatic carbocycles. The fraction of sp³-hybridized carbons (Fsp3) is 0.481. The van der Waals surface area contributed by atoms with Crippen molar-refractivity contribution in [1.82, 2.24) is 10.6 Å². The van der Waals surface area contributed by atoms with E-state index in [0.717, 1.165) is 30.6 Å². The van der Waals surface area contributed by atoms with Gasteiger partial charge in [-0.1, -0.05) is 42.5 Å². The topological polar surface area (TPSA) is 76.7 Å². The maximum Gasteiger partial charge on any atom is 0.220 e. The van der Waals surface area contributed by atoms with E-state index in [2.05, 4.69) is 34.9 Å². The van der Waals surface area contributed by atoms with Gasteiger partial charge in [-0.15, -0.1) is 0 Å². The van der Waals surface area contributed by atoms with Crippen molar-refractivity contribution in [2.24, 2.45) is 0 Å². The van der Waals surface area contributed by atoms with Crippen LogP contribution in [0.3, 0.4) is 0 Å². The van der Waals surface area contributed by atoms with E-state index in [4.69, 9.17) is 9.47 Å². The summed E-state index contributed by atoms with van der Waals surface area (Å²) in [7, 11) is 1.65. The minimum atomic E-state index is -0.392. The second kappa shape index (κ2) is 10.4. The molecule has 33 heavy (non-hydrogen) atoms. The molecular formula is C27H34N2O4. The number of methoxy groups -OCH3 is 1. The van der Waals surface area contributed by atoms with Gasteiger partial charge in [0.2, 0.25) is 11.8 Å². The number of benzene rings is 2. The second-order valence-electron chi connectivity index (χ2n) is 9.39. The first-order valence-corrected chi connectivity index (χ1v) is 11.9. The third-order valence-corrected chi connectivity index (χ3v) is 7.20. The molecule has 0 bridgehead atoms. The molecule has 0 saturated carbocycles. The predicted molar refractivity (Wildman–Crippen MR) is 127 cm³/mol. The number of ether oxygens (including phenoxy) is 2. The van der Waals surface area contributed by atoms with Crippen LogP contribution in [0.15, 0.2) is 54.6 Å². The lowest BCUT2D eigenvalue weighted by molar-refractivity contribution is -0.123. The van der Waals surface area contributed by atoms with E-state index >= 15 is 0 Å². The summed E-state index contributed by atoms with van der Waals surface area (Å²) in [5, 5.41) is 6.37. The van der Waals surface area contributed by atoms with Crippen LogP contribution in [0.25, 0.3) is 0 Å². The third-order valence-electron chi connectivity index (χ3n) is 7.20. The number of carbonyl (C=O) groups excluding carboxylic acids is 2. The van der Waals surface area contributed by atoms with Gasteiger partial charge in [-0.05, 0) is 55.4 Å². The Balaban J connectivity index is 1.39. The molecule has 0 radical (unpaired) electrons. The highest BCUT2D eigenvalue weighted by atomic mass is 16.5. The fourth-order valence-corrected chi connectivity index (χ4v) is 5.19. The first-order chi connectivity index (χ1) is 16.0. The molecule has 2 heterocycles. The van der Waals surface area contributed by atoms with E-state index in [0.29, 0.717) is 45.4 Å². The van der Waals surface area contributed by atoms with Gasteiger partial charge in [0.1, 0.15) is 5.75 Å². The molecule has 2 aliphatic rings. The van der Waals surface area contributed by atoms with Gasteiger partial charge in [0.05, 0.1) is 7.11 Å². The smallest absolute Gasteiger partial charge is 0.220 e. The van der Waals surface area contributed by atoms with E-state index in [9.17, 15) is 9.59 Å². The SMILES string of the molecule is COc1cccc(CC2(CCC(=O)NCC3(c4ccccc4)CCOCC3)CCC(=O)N2)c1. The van der Waals surface area contributed by atoms with Crippen LogP contribution < -0.4 is 15.4 Å². The van der Waals surface area contributed by atoms with Gasteiger partial charge in [0.15, 0.2) is 0 Å². The van der Waals surface area contributed by atoms with Crippen molar-refractivity contribution in [3.63, 3.8) is 0 Å². The lowest BCUT2D eigenvalue weighted by Gasteiger charge is -2.38. The Morgan fingerprint density at radius 1 is 1.09 bits per heavy atom. The van der Waals surface area contributed by atoms with Gasteiger partial charge in [-0.3, -0.25) is 9.59 Å². The number of rotatable bonds is 9. The molecule has 4 rings (SSSR count). The van der Waals surface area contributed by atoms with Crippen LogP contribution in [0.4, 0.5) is 0 Å². The summed E-state index contributed by atoms with van der Waals surface area (Å²) in [6.45, 7) is 2.02. The quantitative estimate of drug-likeness (QED) is 0.613. The van der Waals surface area contributed by atoms with Crippen molar-refractivity contribution in [2.45, 2.75) is 55.9 Å². The lowest BCUT2D eigenvalue weighted by Crippen LogP contribution is -2.46. The summed E-state index contributed by atoms with van der Waals surface area (Å²) in [6.07, 6.45) is 4.72. The van der Waals surface area contributed by atoms with Crippen LogP contribution in [0.2, 0.25) is 0 Å². The summed E-state index contributed by atoms with van der Waals surface area (Å²) < 4.78 is 10.9. The van der Waals surface area contributed by atoms with Crippen LogP contribution in [0.5, 0.6) is 5.75 Å². The lowest BCUT2D eigenvalue weighted by atomic mass is 9.74. The standard InChI is InChI=1S/C27H34N2O4/c1-32-23-9-5-6-21(18-23)19-27(13-11-25(31)29-27)12-10-24(30)28-20-26(14-16-33-17-15-26)22-7-3-2-4-8-22/h2-9,18H,10-17,19-20H2,1H3,(H,28,30)(H,29,31). The Hall–Kier alpha value is -2.86. The number of carbonyl (C=O) groups is 2. The van der Waals surface area contributed by atoms with E-state index in [1.54, 1.807) is 7.11 Å². The zero-order valence-corrected chi connectivity index (χ0v) is 19.4. The summed E-state index contributed by atoms with van der Waals surface area (Å²) in [5.41, 5.74) is 1.87. The van der Waals surface area contributed by atoms with Crippen LogP contribution in [-0.4, -0.2) is 44.2 Å². The number of nitrogens with one attached hydrogen (secondary N) is 2. The molecule has 2 N–H and O–H groups in total. The average Bonchev–Trinajstić information content (AvgIpc) is 3.23. The van der Waals surface area contributed by atoms with Crippen molar-refractivity contribution < 1.29 is 19.1 Å². The Morgan fingerprint density at radius 3 is 2.58 bits per heavy atom. The highest BCUT2D eigenvalue weighted by Crippen LogP contribution is 2.34. The molecule has 176 valence electrons. The number of hydrogen-bond donors (Lipinski definition) is 2. The first-order valence-electron chi connectivity index (χ1n) is 11.9. The first kappa shape index (κ1) is 23.3. The highest BCUT2D eigenvalue weighted by molar-refractivity contribution is 5.80. The Labute approximate surface area is 196 Å². The molecule has 1 unspecified atom stereocenters. The molecule has 2 aromatic rings. The zero-order chi connectivity index (χ0) is 23.2. The Bertz CT molecular complexity index is 956. The monoisotopic (exact) mass is 450 g/mol. The molecule has 2 saturated heterocycles. The van der Waals surface area contributed by atoms with Crippen molar-refractivity contribution in [2.75, 3.05) is 26.9 Å². The summed E-state index contributed by atoms with van der Waals surface area (Å²) >= 11 is 0. The van der Waals surface area contributed by atoms with Crippen LogP contribution in [0.1, 0.15) is 49.7 Å². The predicted octanol–water partition coefficient (Wildman–Crippen LogP) is 3.53. The van der Waals surface area contributed by atoms with Gasteiger partial charge >= 0.3 is 0 Å². The van der Waals surface area contributed by atoms with Gasteiger partial charge < -0.3 is 20.1 Å². The minimum absolute atomic E-state index is 0.0305. The molecule has 6 heteroatoms. The van der Waals surface area contributed by atoms with Crippen molar-refractivity contribution in [1.29, 1.82) is 0 Å². The van der Waals surface area contributed by atoms with Gasteiger partial charge in [0.25, 0.3) is 0 Å². The van der Waals surface area contributed by atoms with Crippen molar-refractivity contribution in [3.8, 4) is 5.75 Å². The van der Waals surface area contributed by atoms with Crippen molar-refractivity contribution >= 4 is 11.8 Å². The Morgan fingerprint density at radius 2 is 1.88 bits per heavy atom. The normalized spacial score (nSPS) is 21.9. The molecule has 1 atom stereocenters. The summed E-state index contributed by atoms with van der Waals surface area (Å²) in [4.78, 5) is 25.0. The number of amides is 2. The van der Waals surface area contributed by atoms with Gasteiger partial charge in [0, 0.05) is 43.6 Å². The molecular weight excluding hydrogens is 416 g/mol. The molecule has 6 nitrogen and oxygen atoms in total.